The predicted molar refractivity (Wildman–Crippen MR) is 127 cm³/mol. The third-order valence-electron chi connectivity index (χ3n) is 7.20. The van der Waals surface area contributed by atoms with E-state index in [2.05, 4.69) is 20.8 Å². The van der Waals surface area contributed by atoms with Crippen molar-refractivity contribution in [2.45, 2.75) is 91.4 Å². The van der Waals surface area contributed by atoms with Crippen molar-refractivity contribution in [1.82, 2.24) is 4.90 Å². The van der Waals surface area contributed by atoms with Crippen LogP contribution in [0.3, 0.4) is 0 Å². The molecule has 0 unspecified atom stereocenters. The highest BCUT2D eigenvalue weighted by Gasteiger charge is 2.42. The fraction of sp³-hybridized carbons (Fsp3) is 0.667. The van der Waals surface area contributed by atoms with Crippen LogP contribution in [0.5, 0.6) is 0 Å². The SMILES string of the molecule is CC(C)C[C@@H]([C@H](O)CCC(=O)O[C@@H]1C[C@H](C)CC[C@H]1C(C)C)N1C(=O)c2ccccc2C1=O. The van der Waals surface area contributed by atoms with Crippen molar-refractivity contribution in [2.75, 3.05) is 0 Å². The van der Waals surface area contributed by atoms with Gasteiger partial charge in [-0.3, -0.25) is 19.3 Å². The predicted octanol–water partition coefficient (Wildman–Crippen LogP) is 4.84. The monoisotopic (exact) mass is 457 g/mol. The van der Waals surface area contributed by atoms with E-state index in [1.165, 1.54) is 4.90 Å². The summed E-state index contributed by atoms with van der Waals surface area (Å²) in [5.74, 6) is 0.443. The zero-order valence-electron chi connectivity index (χ0n) is 20.6. The van der Waals surface area contributed by atoms with Gasteiger partial charge in [0.2, 0.25) is 0 Å². The Morgan fingerprint density at radius 3 is 2.24 bits per heavy atom. The maximum absolute atomic E-state index is 13.0. The number of hydrogen-bond donors (Lipinski definition) is 1. The lowest BCUT2D eigenvalue weighted by atomic mass is 9.75. The Morgan fingerprint density at radius 2 is 1.70 bits per heavy atom. The van der Waals surface area contributed by atoms with E-state index in [-0.39, 0.29) is 42.6 Å². The number of nitrogens with zero attached hydrogens (tertiary/aromatic N) is 1. The van der Waals surface area contributed by atoms with Gasteiger partial charge in [-0.05, 0) is 61.5 Å². The third-order valence-corrected chi connectivity index (χ3v) is 7.20. The second-order valence-electron chi connectivity index (χ2n) is 10.7. The summed E-state index contributed by atoms with van der Waals surface area (Å²) < 4.78 is 5.87. The molecule has 1 aromatic rings. The van der Waals surface area contributed by atoms with Crippen molar-refractivity contribution in [3.8, 4) is 0 Å². The van der Waals surface area contributed by atoms with Gasteiger partial charge in [0.25, 0.3) is 11.8 Å². The largest absolute Gasteiger partial charge is 0.462 e. The van der Waals surface area contributed by atoms with Gasteiger partial charge in [-0.25, -0.2) is 0 Å². The van der Waals surface area contributed by atoms with Crippen molar-refractivity contribution in [1.29, 1.82) is 0 Å². The second-order valence-corrected chi connectivity index (χ2v) is 10.7. The van der Waals surface area contributed by atoms with Crippen LogP contribution in [0.1, 0.15) is 93.9 Å². The molecule has 6 nitrogen and oxygen atoms in total. The molecular weight excluding hydrogens is 418 g/mol. The quantitative estimate of drug-likeness (QED) is 0.424. The van der Waals surface area contributed by atoms with Crippen LogP contribution in [-0.4, -0.2) is 46.0 Å². The van der Waals surface area contributed by atoms with Gasteiger partial charge in [0.15, 0.2) is 0 Å². The molecule has 1 aliphatic carbocycles. The van der Waals surface area contributed by atoms with E-state index in [0.29, 0.717) is 35.3 Å². The topological polar surface area (TPSA) is 83.9 Å². The Morgan fingerprint density at radius 1 is 1.09 bits per heavy atom. The molecule has 0 saturated heterocycles. The van der Waals surface area contributed by atoms with Crippen LogP contribution in [0.4, 0.5) is 0 Å². The molecule has 1 fully saturated rings. The first kappa shape index (κ1) is 25.4. The lowest BCUT2D eigenvalue weighted by Gasteiger charge is -2.37. The summed E-state index contributed by atoms with van der Waals surface area (Å²) in [6.07, 6.45) is 2.71. The standard InChI is InChI=1S/C27H39NO5/c1-16(2)14-22(28-26(31)20-8-6-7-9-21(20)27(28)32)23(29)12-13-25(30)33-24-15-18(5)10-11-19(24)17(3)4/h6-9,16-19,22-24,29H,10-15H2,1-5H3/t18-,19+,22+,23-,24-/m1/s1. The summed E-state index contributed by atoms with van der Waals surface area (Å²) >= 11 is 0. The van der Waals surface area contributed by atoms with Gasteiger partial charge in [-0.15, -0.1) is 0 Å². The molecule has 1 heterocycles. The number of aliphatic hydroxyl groups excluding tert-OH is 1. The molecule has 2 amide bonds. The normalized spacial score (nSPS) is 24.8. The summed E-state index contributed by atoms with van der Waals surface area (Å²) in [5.41, 5.74) is 0.739. The minimum atomic E-state index is -0.992. The average Bonchev–Trinajstić information content (AvgIpc) is 3.00. The molecule has 1 aliphatic heterocycles. The number of aliphatic hydroxyl groups is 1. The minimum Gasteiger partial charge on any atom is -0.462 e. The minimum absolute atomic E-state index is 0.0641. The Hall–Kier alpha value is -2.21. The highest BCUT2D eigenvalue weighted by molar-refractivity contribution is 6.21. The number of fused-ring (bicyclic) bond motifs is 1. The molecule has 0 aromatic heterocycles. The van der Waals surface area contributed by atoms with E-state index < -0.39 is 12.1 Å². The van der Waals surface area contributed by atoms with Crippen LogP contribution in [0, 0.1) is 23.7 Å². The summed E-state index contributed by atoms with van der Waals surface area (Å²) in [6.45, 7) is 10.5. The molecule has 182 valence electrons. The zero-order valence-corrected chi connectivity index (χ0v) is 20.6. The number of carbonyl (C=O) groups is 3. The molecule has 3 rings (SSSR count). The van der Waals surface area contributed by atoms with Crippen molar-refractivity contribution in [3.63, 3.8) is 0 Å². The fourth-order valence-corrected chi connectivity index (χ4v) is 5.36. The molecule has 0 bridgehead atoms. The Bertz CT molecular complexity index is 829. The molecule has 1 aromatic carbocycles. The summed E-state index contributed by atoms with van der Waals surface area (Å²) in [6, 6.07) is 6.06. The fourth-order valence-electron chi connectivity index (χ4n) is 5.36. The van der Waals surface area contributed by atoms with Crippen molar-refractivity contribution in [2.24, 2.45) is 23.7 Å². The van der Waals surface area contributed by atoms with E-state index in [0.717, 1.165) is 19.3 Å². The number of benzene rings is 1. The molecule has 5 atom stereocenters. The van der Waals surface area contributed by atoms with E-state index in [9.17, 15) is 19.5 Å². The molecular formula is C27H39NO5. The van der Waals surface area contributed by atoms with Crippen molar-refractivity contribution < 1.29 is 24.2 Å². The molecule has 2 aliphatic rings. The number of hydrogen-bond acceptors (Lipinski definition) is 5. The van der Waals surface area contributed by atoms with Gasteiger partial charge in [0, 0.05) is 6.42 Å². The van der Waals surface area contributed by atoms with Crippen LogP contribution < -0.4 is 0 Å². The molecule has 0 spiro atoms. The van der Waals surface area contributed by atoms with Crippen LogP contribution >= 0.6 is 0 Å². The zero-order chi connectivity index (χ0) is 24.3. The van der Waals surface area contributed by atoms with Crippen LogP contribution in [0.15, 0.2) is 24.3 Å². The maximum atomic E-state index is 13.0. The highest BCUT2D eigenvalue weighted by atomic mass is 16.5. The first-order valence-electron chi connectivity index (χ1n) is 12.4. The van der Waals surface area contributed by atoms with Gasteiger partial charge in [-0.2, -0.15) is 0 Å². The van der Waals surface area contributed by atoms with E-state index in [1.54, 1.807) is 24.3 Å². The summed E-state index contributed by atoms with van der Waals surface area (Å²) in [5, 5.41) is 11.0. The van der Waals surface area contributed by atoms with Crippen LogP contribution in [0.25, 0.3) is 0 Å². The molecule has 6 heteroatoms. The number of imide groups is 1. The highest BCUT2D eigenvalue weighted by Crippen LogP contribution is 2.36. The Labute approximate surface area is 197 Å². The maximum Gasteiger partial charge on any atom is 0.306 e. The van der Waals surface area contributed by atoms with Gasteiger partial charge < -0.3 is 9.84 Å². The lowest BCUT2D eigenvalue weighted by molar-refractivity contribution is -0.156. The second kappa shape index (κ2) is 10.8. The number of esters is 1. The van der Waals surface area contributed by atoms with E-state index in [4.69, 9.17) is 4.74 Å². The Balaban J connectivity index is 1.65. The number of carbonyl (C=O) groups excluding carboxylic acids is 3. The van der Waals surface area contributed by atoms with Gasteiger partial charge in [-0.1, -0.05) is 53.2 Å². The van der Waals surface area contributed by atoms with Gasteiger partial charge in [0.1, 0.15) is 6.10 Å². The molecule has 1 N–H and O–H groups in total. The lowest BCUT2D eigenvalue weighted by Crippen LogP contribution is -2.47. The van der Waals surface area contributed by atoms with E-state index >= 15 is 0 Å². The number of ether oxygens (including phenoxy) is 1. The third kappa shape index (κ3) is 5.84. The summed E-state index contributed by atoms with van der Waals surface area (Å²) in [7, 11) is 0. The number of rotatable bonds is 9. The first-order chi connectivity index (χ1) is 15.6. The Kier molecular flexibility index (Phi) is 8.33. The van der Waals surface area contributed by atoms with Crippen molar-refractivity contribution >= 4 is 17.8 Å². The molecule has 0 radical (unpaired) electrons. The van der Waals surface area contributed by atoms with Gasteiger partial charge >= 0.3 is 5.97 Å². The average molecular weight is 458 g/mol. The van der Waals surface area contributed by atoms with E-state index in [1.807, 2.05) is 13.8 Å². The van der Waals surface area contributed by atoms with Crippen LogP contribution in [-0.2, 0) is 9.53 Å². The smallest absolute Gasteiger partial charge is 0.306 e. The van der Waals surface area contributed by atoms with Gasteiger partial charge in [0.05, 0.1) is 23.3 Å². The van der Waals surface area contributed by atoms with Crippen molar-refractivity contribution in [3.05, 3.63) is 35.4 Å². The first-order valence-corrected chi connectivity index (χ1v) is 12.4. The van der Waals surface area contributed by atoms with Crippen LogP contribution in [0.2, 0.25) is 0 Å². The number of amides is 2. The molecule has 1 saturated carbocycles. The molecule has 33 heavy (non-hydrogen) atoms. The summed E-state index contributed by atoms with van der Waals surface area (Å²) in [4.78, 5) is 39.8.